The molecule has 1 unspecified atom stereocenters. The molecule has 0 saturated carbocycles. The van der Waals surface area contributed by atoms with Crippen LogP contribution in [0.2, 0.25) is 0 Å². The summed E-state index contributed by atoms with van der Waals surface area (Å²) in [4.78, 5) is 0. The van der Waals surface area contributed by atoms with Crippen LogP contribution in [-0.4, -0.2) is 5.11 Å². The molecule has 3 heteroatoms. The van der Waals surface area contributed by atoms with E-state index in [9.17, 15) is 5.11 Å². The van der Waals surface area contributed by atoms with Crippen LogP contribution < -0.4 is 0 Å². The van der Waals surface area contributed by atoms with Gasteiger partial charge in [-0.05, 0) is 63.8 Å². The zero-order valence-electron chi connectivity index (χ0n) is 12.5. The molecular formula is C18H20BrIO. The van der Waals surface area contributed by atoms with Gasteiger partial charge in [-0.2, -0.15) is 0 Å². The molecule has 0 bridgehead atoms. The Balaban J connectivity index is 2.32. The summed E-state index contributed by atoms with van der Waals surface area (Å²) in [5, 5.41) is 10.6. The lowest BCUT2D eigenvalue weighted by molar-refractivity contribution is 0.219. The molecule has 0 radical (unpaired) electrons. The second-order valence-electron chi connectivity index (χ2n) is 5.93. The molecule has 2 aromatic rings. The molecule has 0 aliphatic heterocycles. The fourth-order valence-corrected chi connectivity index (χ4v) is 3.20. The summed E-state index contributed by atoms with van der Waals surface area (Å²) in [6, 6.07) is 14.3. The van der Waals surface area contributed by atoms with Crippen LogP contribution in [0.1, 0.15) is 50.0 Å². The van der Waals surface area contributed by atoms with Crippen molar-refractivity contribution >= 4 is 38.5 Å². The van der Waals surface area contributed by atoms with E-state index < -0.39 is 6.10 Å². The van der Waals surface area contributed by atoms with E-state index in [2.05, 4.69) is 71.4 Å². The minimum atomic E-state index is -0.604. The predicted molar refractivity (Wildman–Crippen MR) is 101 cm³/mol. The summed E-state index contributed by atoms with van der Waals surface area (Å²) < 4.78 is 2.06. The smallest absolute Gasteiger partial charge is 0.105 e. The molecule has 0 aromatic heterocycles. The first kappa shape index (κ1) is 17.0. The highest BCUT2D eigenvalue weighted by Gasteiger charge is 2.19. The van der Waals surface area contributed by atoms with E-state index in [4.69, 9.17) is 0 Å². The number of hydrogen-bond acceptors (Lipinski definition) is 1. The van der Waals surface area contributed by atoms with E-state index in [1.807, 2.05) is 30.3 Å². The lowest BCUT2D eigenvalue weighted by atomic mass is 9.82. The van der Waals surface area contributed by atoms with Crippen molar-refractivity contribution in [2.75, 3.05) is 0 Å². The quantitative estimate of drug-likeness (QED) is 0.572. The number of halogens is 2. The number of aliphatic hydroxyl groups excluding tert-OH is 1. The molecule has 0 amide bonds. The van der Waals surface area contributed by atoms with Gasteiger partial charge in [0.1, 0.15) is 6.10 Å². The topological polar surface area (TPSA) is 20.2 Å². The highest BCUT2D eigenvalue weighted by Crippen LogP contribution is 2.32. The number of hydrogen-bond donors (Lipinski definition) is 1. The lowest BCUT2D eigenvalue weighted by Crippen LogP contribution is -2.15. The predicted octanol–water partition coefficient (Wildman–Crippen LogP) is 5.82. The maximum absolute atomic E-state index is 10.6. The van der Waals surface area contributed by atoms with Crippen molar-refractivity contribution < 1.29 is 5.11 Å². The Bertz CT molecular complexity index is 620. The van der Waals surface area contributed by atoms with Gasteiger partial charge in [-0.3, -0.25) is 0 Å². The minimum absolute atomic E-state index is 0.173. The van der Waals surface area contributed by atoms with Crippen molar-refractivity contribution in [1.82, 2.24) is 0 Å². The van der Waals surface area contributed by atoms with Gasteiger partial charge in [-0.1, -0.05) is 61.0 Å². The Hall–Kier alpha value is -0.390. The molecule has 0 fully saturated rings. The highest BCUT2D eigenvalue weighted by molar-refractivity contribution is 14.1. The molecule has 1 nitrogen and oxygen atoms in total. The fourth-order valence-electron chi connectivity index (χ4n) is 2.22. The molecule has 1 atom stereocenters. The average molecular weight is 459 g/mol. The summed E-state index contributed by atoms with van der Waals surface area (Å²) in [6.07, 6.45) is 0.491. The first-order chi connectivity index (χ1) is 9.85. The maximum Gasteiger partial charge on any atom is 0.105 e. The molecule has 2 aromatic carbocycles. The summed E-state index contributed by atoms with van der Waals surface area (Å²) in [5.74, 6) is 0. The van der Waals surface area contributed by atoms with Gasteiger partial charge in [0.25, 0.3) is 0 Å². The third-order valence-corrected chi connectivity index (χ3v) is 5.54. The van der Waals surface area contributed by atoms with Crippen LogP contribution in [-0.2, 0) is 5.41 Å². The van der Waals surface area contributed by atoms with Crippen molar-refractivity contribution in [1.29, 1.82) is 0 Å². The van der Waals surface area contributed by atoms with E-state index >= 15 is 0 Å². The molecule has 0 spiro atoms. The number of rotatable bonds is 4. The summed E-state index contributed by atoms with van der Waals surface area (Å²) in [5.41, 5.74) is 3.31. The van der Waals surface area contributed by atoms with Crippen molar-refractivity contribution in [3.63, 3.8) is 0 Å². The van der Waals surface area contributed by atoms with Gasteiger partial charge < -0.3 is 5.11 Å². The molecule has 21 heavy (non-hydrogen) atoms. The second kappa shape index (κ2) is 6.80. The van der Waals surface area contributed by atoms with Crippen LogP contribution in [0, 0.1) is 3.57 Å². The average Bonchev–Trinajstić information content (AvgIpc) is 2.49. The van der Waals surface area contributed by atoms with Crippen LogP contribution in [0.25, 0.3) is 0 Å². The van der Waals surface area contributed by atoms with Gasteiger partial charge in [-0.25, -0.2) is 0 Å². The summed E-state index contributed by atoms with van der Waals surface area (Å²) >= 11 is 5.79. The van der Waals surface area contributed by atoms with E-state index in [-0.39, 0.29) is 5.41 Å². The lowest BCUT2D eigenvalue weighted by Gasteiger charge is -2.24. The SMILES string of the molecule is CCC(C)(C)c1ccc(C(O)c2cc(I)ccc2Br)cc1. The van der Waals surface area contributed by atoms with Gasteiger partial charge in [0.2, 0.25) is 0 Å². The van der Waals surface area contributed by atoms with Crippen LogP contribution >= 0.6 is 38.5 Å². The summed E-state index contributed by atoms with van der Waals surface area (Å²) in [6.45, 7) is 6.69. The van der Waals surface area contributed by atoms with E-state index in [0.717, 1.165) is 25.6 Å². The number of benzene rings is 2. The second-order valence-corrected chi connectivity index (χ2v) is 8.03. The Morgan fingerprint density at radius 1 is 1.14 bits per heavy atom. The molecule has 0 heterocycles. The normalized spacial score (nSPS) is 13.2. The van der Waals surface area contributed by atoms with Crippen molar-refractivity contribution in [2.24, 2.45) is 0 Å². The fraction of sp³-hybridized carbons (Fsp3) is 0.333. The Morgan fingerprint density at radius 2 is 1.76 bits per heavy atom. The molecule has 0 aliphatic carbocycles. The van der Waals surface area contributed by atoms with Crippen molar-refractivity contribution in [3.05, 3.63) is 67.2 Å². The largest absolute Gasteiger partial charge is 0.384 e. The van der Waals surface area contributed by atoms with Crippen LogP contribution in [0.5, 0.6) is 0 Å². The van der Waals surface area contributed by atoms with E-state index in [1.165, 1.54) is 5.56 Å². The molecular weight excluding hydrogens is 439 g/mol. The third kappa shape index (κ3) is 3.88. The van der Waals surface area contributed by atoms with Crippen LogP contribution in [0.15, 0.2) is 46.9 Å². The van der Waals surface area contributed by atoms with E-state index in [0.29, 0.717) is 0 Å². The monoisotopic (exact) mass is 458 g/mol. The first-order valence-electron chi connectivity index (χ1n) is 7.08. The molecule has 112 valence electrons. The van der Waals surface area contributed by atoms with Gasteiger partial charge in [0, 0.05) is 13.6 Å². The van der Waals surface area contributed by atoms with Gasteiger partial charge >= 0.3 is 0 Å². The molecule has 0 aliphatic rings. The third-order valence-electron chi connectivity index (χ3n) is 4.14. The van der Waals surface area contributed by atoms with Crippen LogP contribution in [0.3, 0.4) is 0 Å². The van der Waals surface area contributed by atoms with Crippen molar-refractivity contribution in [2.45, 2.75) is 38.7 Å². The van der Waals surface area contributed by atoms with Gasteiger partial charge in [0.05, 0.1) is 0 Å². The maximum atomic E-state index is 10.6. The standard InChI is InChI=1S/C18H20BrIO/c1-4-18(2,3)13-7-5-12(6-8-13)17(21)15-11-14(20)9-10-16(15)19/h5-11,17,21H,4H2,1-3H3. The molecule has 0 saturated heterocycles. The number of aliphatic hydroxyl groups is 1. The van der Waals surface area contributed by atoms with E-state index in [1.54, 1.807) is 0 Å². The van der Waals surface area contributed by atoms with Gasteiger partial charge in [-0.15, -0.1) is 0 Å². The highest BCUT2D eigenvalue weighted by atomic mass is 127. The van der Waals surface area contributed by atoms with Crippen molar-refractivity contribution in [3.8, 4) is 0 Å². The molecule has 1 N–H and O–H groups in total. The van der Waals surface area contributed by atoms with Crippen LogP contribution in [0.4, 0.5) is 0 Å². The Labute approximate surface area is 149 Å². The Morgan fingerprint density at radius 3 is 2.33 bits per heavy atom. The first-order valence-corrected chi connectivity index (χ1v) is 8.96. The zero-order chi connectivity index (χ0) is 15.6. The molecule has 2 rings (SSSR count). The Kier molecular flexibility index (Phi) is 5.49. The zero-order valence-corrected chi connectivity index (χ0v) is 16.3. The van der Waals surface area contributed by atoms with Gasteiger partial charge in [0.15, 0.2) is 0 Å². The summed E-state index contributed by atoms with van der Waals surface area (Å²) in [7, 11) is 0. The minimum Gasteiger partial charge on any atom is -0.384 e.